The van der Waals surface area contributed by atoms with Gasteiger partial charge in [-0.1, -0.05) is 31.2 Å². The molecule has 0 aromatic heterocycles. The number of ether oxygens (including phenoxy) is 1. The smallest absolute Gasteiger partial charge is 0.321 e. The Morgan fingerprint density at radius 1 is 1.08 bits per heavy atom. The zero-order valence-electron chi connectivity index (χ0n) is 14.9. The molecule has 5 nitrogen and oxygen atoms in total. The first kappa shape index (κ1) is 17.1. The lowest BCUT2D eigenvalue weighted by Crippen LogP contribution is -2.50. The maximum Gasteiger partial charge on any atom is 0.321 e. The number of piperazine rings is 1. The van der Waals surface area contributed by atoms with Crippen LogP contribution in [0.15, 0.2) is 48.5 Å². The third-order valence-electron chi connectivity index (χ3n) is 4.60. The van der Waals surface area contributed by atoms with Crippen molar-refractivity contribution < 1.29 is 9.53 Å². The largest absolute Gasteiger partial charge is 0.497 e. The molecule has 0 radical (unpaired) electrons. The number of urea groups is 1. The minimum atomic E-state index is -0.0586. The maximum atomic E-state index is 12.5. The van der Waals surface area contributed by atoms with E-state index in [-0.39, 0.29) is 6.03 Å². The fourth-order valence-corrected chi connectivity index (χ4v) is 3.17. The summed E-state index contributed by atoms with van der Waals surface area (Å²) in [4.78, 5) is 16.7. The SMILES string of the molecule is CCc1ccccc1N1CCN(C(=O)Nc2cccc(OC)c2)CC1. The first-order valence-electron chi connectivity index (χ1n) is 8.74. The predicted octanol–water partition coefficient (Wildman–Crippen LogP) is 3.61. The summed E-state index contributed by atoms with van der Waals surface area (Å²) in [6.07, 6.45) is 1.02. The molecule has 1 saturated heterocycles. The topological polar surface area (TPSA) is 44.8 Å². The number of amides is 2. The van der Waals surface area contributed by atoms with E-state index in [0.29, 0.717) is 13.1 Å². The van der Waals surface area contributed by atoms with Gasteiger partial charge in [-0.3, -0.25) is 0 Å². The molecule has 2 aromatic rings. The Kier molecular flexibility index (Phi) is 5.43. The molecule has 1 heterocycles. The fraction of sp³-hybridized carbons (Fsp3) is 0.350. The van der Waals surface area contributed by atoms with Crippen LogP contribution in [0.2, 0.25) is 0 Å². The first-order valence-corrected chi connectivity index (χ1v) is 8.74. The van der Waals surface area contributed by atoms with Gasteiger partial charge in [0.15, 0.2) is 0 Å². The summed E-state index contributed by atoms with van der Waals surface area (Å²) in [6.45, 7) is 5.31. The van der Waals surface area contributed by atoms with Crippen LogP contribution in [0.4, 0.5) is 16.2 Å². The van der Waals surface area contributed by atoms with E-state index >= 15 is 0 Å². The van der Waals surface area contributed by atoms with Gasteiger partial charge < -0.3 is 19.9 Å². The van der Waals surface area contributed by atoms with E-state index in [0.717, 1.165) is 30.9 Å². The van der Waals surface area contributed by atoms with Gasteiger partial charge in [0.2, 0.25) is 0 Å². The highest BCUT2D eigenvalue weighted by atomic mass is 16.5. The number of hydrogen-bond acceptors (Lipinski definition) is 3. The minimum absolute atomic E-state index is 0.0586. The van der Waals surface area contributed by atoms with E-state index < -0.39 is 0 Å². The lowest BCUT2D eigenvalue weighted by molar-refractivity contribution is 0.208. The van der Waals surface area contributed by atoms with Crippen LogP contribution < -0.4 is 15.0 Å². The van der Waals surface area contributed by atoms with Crippen molar-refractivity contribution in [2.75, 3.05) is 43.5 Å². The average molecular weight is 339 g/mol. The molecule has 132 valence electrons. The lowest BCUT2D eigenvalue weighted by atomic mass is 10.1. The van der Waals surface area contributed by atoms with E-state index in [2.05, 4.69) is 41.4 Å². The van der Waals surface area contributed by atoms with Gasteiger partial charge in [0, 0.05) is 43.6 Å². The van der Waals surface area contributed by atoms with Gasteiger partial charge >= 0.3 is 6.03 Å². The summed E-state index contributed by atoms with van der Waals surface area (Å²) in [7, 11) is 1.62. The second kappa shape index (κ2) is 7.92. The third-order valence-corrected chi connectivity index (χ3v) is 4.60. The predicted molar refractivity (Wildman–Crippen MR) is 102 cm³/mol. The third kappa shape index (κ3) is 4.05. The van der Waals surface area contributed by atoms with E-state index in [4.69, 9.17) is 4.74 Å². The first-order chi connectivity index (χ1) is 12.2. The monoisotopic (exact) mass is 339 g/mol. The molecule has 0 saturated carbocycles. The molecule has 0 unspecified atom stereocenters. The summed E-state index contributed by atoms with van der Waals surface area (Å²) < 4.78 is 5.20. The molecule has 3 rings (SSSR count). The molecule has 0 atom stereocenters. The van der Waals surface area contributed by atoms with Crippen LogP contribution in [0.25, 0.3) is 0 Å². The molecule has 1 aliphatic rings. The molecule has 0 aliphatic carbocycles. The summed E-state index contributed by atoms with van der Waals surface area (Å²) in [5, 5.41) is 2.95. The van der Waals surface area contributed by atoms with Crippen molar-refractivity contribution in [1.29, 1.82) is 0 Å². The molecule has 1 fully saturated rings. The molecule has 25 heavy (non-hydrogen) atoms. The Balaban J connectivity index is 1.59. The number of anilines is 2. The molecule has 2 amide bonds. The van der Waals surface area contributed by atoms with Gasteiger partial charge in [0.1, 0.15) is 5.75 Å². The van der Waals surface area contributed by atoms with Crippen LogP contribution in [0.5, 0.6) is 5.75 Å². The molecule has 1 aliphatic heterocycles. The minimum Gasteiger partial charge on any atom is -0.497 e. The van der Waals surface area contributed by atoms with Gasteiger partial charge in [-0.15, -0.1) is 0 Å². The number of benzene rings is 2. The van der Waals surface area contributed by atoms with Gasteiger partial charge in [-0.2, -0.15) is 0 Å². The van der Waals surface area contributed by atoms with E-state index in [1.54, 1.807) is 7.11 Å². The summed E-state index contributed by atoms with van der Waals surface area (Å²) >= 11 is 0. The number of para-hydroxylation sites is 1. The van der Waals surface area contributed by atoms with Crippen LogP contribution >= 0.6 is 0 Å². The second-order valence-electron chi connectivity index (χ2n) is 6.12. The number of carbonyl (C=O) groups excluding carboxylic acids is 1. The number of methoxy groups -OCH3 is 1. The van der Waals surface area contributed by atoms with Crippen LogP contribution in [0.3, 0.4) is 0 Å². The highest BCUT2D eigenvalue weighted by molar-refractivity contribution is 5.89. The van der Waals surface area contributed by atoms with Gasteiger partial charge in [0.05, 0.1) is 7.11 Å². The van der Waals surface area contributed by atoms with Crippen molar-refractivity contribution in [2.45, 2.75) is 13.3 Å². The molecule has 2 aromatic carbocycles. The summed E-state index contributed by atoms with van der Waals surface area (Å²) in [5.74, 6) is 0.735. The number of nitrogens with zero attached hydrogens (tertiary/aromatic N) is 2. The Hall–Kier alpha value is -2.69. The standard InChI is InChI=1S/C20H25N3O2/c1-3-16-7-4-5-10-19(16)22-11-13-23(14-12-22)20(24)21-17-8-6-9-18(15-17)25-2/h4-10,15H,3,11-14H2,1-2H3,(H,21,24). The quantitative estimate of drug-likeness (QED) is 0.925. The van der Waals surface area contributed by atoms with Crippen molar-refractivity contribution in [1.82, 2.24) is 4.90 Å². The van der Waals surface area contributed by atoms with Gasteiger partial charge in [0.25, 0.3) is 0 Å². The normalized spacial score (nSPS) is 14.3. The Labute approximate surface area is 149 Å². The molecule has 0 spiro atoms. The van der Waals surface area contributed by atoms with Crippen LogP contribution in [-0.4, -0.2) is 44.2 Å². The summed E-state index contributed by atoms with van der Waals surface area (Å²) in [6, 6.07) is 15.9. The van der Waals surface area contributed by atoms with E-state index in [1.165, 1.54) is 11.3 Å². The number of aryl methyl sites for hydroxylation is 1. The molecular weight excluding hydrogens is 314 g/mol. The van der Waals surface area contributed by atoms with E-state index in [1.807, 2.05) is 29.2 Å². The van der Waals surface area contributed by atoms with Crippen LogP contribution in [0, 0.1) is 0 Å². The van der Waals surface area contributed by atoms with Gasteiger partial charge in [-0.05, 0) is 30.2 Å². The van der Waals surface area contributed by atoms with Crippen molar-refractivity contribution in [3.05, 3.63) is 54.1 Å². The maximum absolute atomic E-state index is 12.5. The van der Waals surface area contributed by atoms with Gasteiger partial charge in [-0.25, -0.2) is 4.79 Å². The average Bonchev–Trinajstić information content (AvgIpc) is 2.68. The zero-order chi connectivity index (χ0) is 17.6. The van der Waals surface area contributed by atoms with Crippen molar-refractivity contribution >= 4 is 17.4 Å². The summed E-state index contributed by atoms with van der Waals surface area (Å²) in [5.41, 5.74) is 3.40. The molecular formula is C20H25N3O2. The second-order valence-corrected chi connectivity index (χ2v) is 6.12. The number of nitrogens with one attached hydrogen (secondary N) is 1. The molecule has 5 heteroatoms. The van der Waals surface area contributed by atoms with Crippen molar-refractivity contribution in [3.8, 4) is 5.75 Å². The van der Waals surface area contributed by atoms with Crippen molar-refractivity contribution in [3.63, 3.8) is 0 Å². The number of rotatable bonds is 4. The van der Waals surface area contributed by atoms with Crippen LogP contribution in [0.1, 0.15) is 12.5 Å². The Bertz CT molecular complexity index is 724. The molecule has 1 N–H and O–H groups in total. The highest BCUT2D eigenvalue weighted by Crippen LogP contribution is 2.23. The molecule has 0 bridgehead atoms. The fourth-order valence-electron chi connectivity index (χ4n) is 3.17. The number of hydrogen-bond donors (Lipinski definition) is 1. The van der Waals surface area contributed by atoms with Crippen molar-refractivity contribution in [2.24, 2.45) is 0 Å². The van der Waals surface area contributed by atoms with E-state index in [9.17, 15) is 4.79 Å². The zero-order valence-corrected chi connectivity index (χ0v) is 14.9. The van der Waals surface area contributed by atoms with Crippen LogP contribution in [-0.2, 0) is 6.42 Å². The Morgan fingerprint density at radius 3 is 2.56 bits per heavy atom. The number of carbonyl (C=O) groups is 1. The highest BCUT2D eigenvalue weighted by Gasteiger charge is 2.22. The Morgan fingerprint density at radius 2 is 1.84 bits per heavy atom. The lowest BCUT2D eigenvalue weighted by Gasteiger charge is -2.37.